The number of para-hydroxylation sites is 2. The molecule has 2 N–H and O–H groups in total. The van der Waals surface area contributed by atoms with E-state index in [1.54, 1.807) is 66.7 Å². The van der Waals surface area contributed by atoms with E-state index in [1.165, 1.54) is 6.07 Å². The van der Waals surface area contributed by atoms with Crippen molar-refractivity contribution < 1.29 is 19.4 Å². The summed E-state index contributed by atoms with van der Waals surface area (Å²) >= 11 is 0. The van der Waals surface area contributed by atoms with E-state index in [0.29, 0.717) is 28.3 Å². The lowest BCUT2D eigenvalue weighted by atomic mass is 10.2. The summed E-state index contributed by atoms with van der Waals surface area (Å²) in [5.74, 6) is 0.841. The molecule has 5 nitrogen and oxygen atoms in total. The van der Waals surface area contributed by atoms with Gasteiger partial charge in [-0.2, -0.15) is 0 Å². The minimum atomic E-state index is -0.330. The van der Waals surface area contributed by atoms with E-state index in [-0.39, 0.29) is 11.7 Å². The van der Waals surface area contributed by atoms with Crippen molar-refractivity contribution in [3.05, 3.63) is 83.9 Å². The van der Waals surface area contributed by atoms with Crippen LogP contribution in [0.5, 0.6) is 17.2 Å². The lowest BCUT2D eigenvalue weighted by Crippen LogP contribution is -2.11. The van der Waals surface area contributed by atoms with E-state index in [4.69, 9.17) is 4.74 Å². The van der Waals surface area contributed by atoms with Crippen molar-refractivity contribution in [1.29, 1.82) is 0 Å². The molecule has 0 atom stereocenters. The summed E-state index contributed by atoms with van der Waals surface area (Å²) < 4.78 is 5.66. The number of hydrogen-bond donors (Lipinski definition) is 2. The summed E-state index contributed by atoms with van der Waals surface area (Å²) in [6.07, 6.45) is 0.766. The second-order valence-corrected chi connectivity index (χ2v) is 5.28. The first-order valence-electron chi connectivity index (χ1n) is 7.58. The fourth-order valence-corrected chi connectivity index (χ4v) is 2.20. The van der Waals surface area contributed by atoms with Gasteiger partial charge >= 0.3 is 0 Å². The molecule has 0 bridgehead atoms. The van der Waals surface area contributed by atoms with Crippen molar-refractivity contribution in [2.45, 2.75) is 0 Å². The molecule has 25 heavy (non-hydrogen) atoms. The molecule has 1 amide bonds. The summed E-state index contributed by atoms with van der Waals surface area (Å²) in [5.41, 5.74) is 1.36. The summed E-state index contributed by atoms with van der Waals surface area (Å²) in [7, 11) is 0. The third kappa shape index (κ3) is 4.03. The number of rotatable bonds is 5. The maximum atomic E-state index is 12.2. The number of nitrogens with one attached hydrogen (secondary N) is 1. The minimum absolute atomic E-state index is 0.00887. The van der Waals surface area contributed by atoms with Gasteiger partial charge in [0.1, 0.15) is 23.5 Å². The number of ether oxygens (including phenoxy) is 1. The van der Waals surface area contributed by atoms with Gasteiger partial charge in [0.05, 0.1) is 5.69 Å². The van der Waals surface area contributed by atoms with E-state index in [1.807, 2.05) is 0 Å². The van der Waals surface area contributed by atoms with Gasteiger partial charge in [0.15, 0.2) is 0 Å². The number of aldehydes is 1. The zero-order chi connectivity index (χ0) is 17.6. The second kappa shape index (κ2) is 7.31. The lowest BCUT2D eigenvalue weighted by molar-refractivity contribution is 0.102. The summed E-state index contributed by atoms with van der Waals surface area (Å²) in [6, 6.07) is 19.9. The fraction of sp³-hybridized carbons (Fsp3) is 0. The summed E-state index contributed by atoms with van der Waals surface area (Å²) in [4.78, 5) is 22.8. The average molecular weight is 333 g/mol. The van der Waals surface area contributed by atoms with Crippen LogP contribution in [0.3, 0.4) is 0 Å². The third-order valence-electron chi connectivity index (χ3n) is 3.52. The molecule has 0 aromatic heterocycles. The summed E-state index contributed by atoms with van der Waals surface area (Å²) in [6.45, 7) is 0. The SMILES string of the molecule is O=Cc1ccc(Oc2ccc(C(=O)Nc3ccccc3O)cc2)cc1. The van der Waals surface area contributed by atoms with Crippen LogP contribution in [0.2, 0.25) is 0 Å². The number of phenolic OH excluding ortho intramolecular Hbond substituents is 1. The Bertz CT molecular complexity index is 886. The number of amides is 1. The number of hydrogen-bond acceptors (Lipinski definition) is 4. The van der Waals surface area contributed by atoms with Crippen LogP contribution in [-0.2, 0) is 0 Å². The van der Waals surface area contributed by atoms with Crippen LogP contribution in [0, 0.1) is 0 Å². The molecule has 0 aliphatic rings. The predicted molar refractivity (Wildman–Crippen MR) is 94.4 cm³/mol. The van der Waals surface area contributed by atoms with Crippen LogP contribution in [0.1, 0.15) is 20.7 Å². The number of phenols is 1. The Kier molecular flexibility index (Phi) is 4.76. The van der Waals surface area contributed by atoms with E-state index >= 15 is 0 Å². The quantitative estimate of drug-likeness (QED) is 0.541. The Morgan fingerprint density at radius 3 is 2.08 bits per heavy atom. The molecule has 0 aliphatic heterocycles. The second-order valence-electron chi connectivity index (χ2n) is 5.28. The highest BCUT2D eigenvalue weighted by molar-refractivity contribution is 6.05. The molecule has 0 aliphatic carbocycles. The van der Waals surface area contributed by atoms with Gasteiger partial charge in [0.25, 0.3) is 5.91 Å². The largest absolute Gasteiger partial charge is 0.506 e. The molecule has 0 radical (unpaired) electrons. The number of benzene rings is 3. The molecule has 0 heterocycles. The topological polar surface area (TPSA) is 75.6 Å². The molecule has 0 unspecified atom stereocenters. The highest BCUT2D eigenvalue weighted by atomic mass is 16.5. The Balaban J connectivity index is 1.67. The van der Waals surface area contributed by atoms with E-state index in [0.717, 1.165) is 6.29 Å². The molecule has 5 heteroatoms. The standard InChI is InChI=1S/C20H15NO4/c22-13-14-5-9-16(10-6-14)25-17-11-7-15(8-12-17)20(24)21-18-3-1-2-4-19(18)23/h1-13,23H,(H,21,24). The van der Waals surface area contributed by atoms with E-state index in [9.17, 15) is 14.7 Å². The molecule has 0 saturated carbocycles. The maximum absolute atomic E-state index is 12.2. The monoisotopic (exact) mass is 333 g/mol. The zero-order valence-electron chi connectivity index (χ0n) is 13.2. The molecule has 0 fully saturated rings. The lowest BCUT2D eigenvalue weighted by Gasteiger charge is -2.09. The van der Waals surface area contributed by atoms with Crippen LogP contribution in [0.25, 0.3) is 0 Å². The molecule has 0 saturated heterocycles. The first kappa shape index (κ1) is 16.3. The smallest absolute Gasteiger partial charge is 0.255 e. The third-order valence-corrected chi connectivity index (χ3v) is 3.52. The van der Waals surface area contributed by atoms with Gasteiger partial charge < -0.3 is 15.2 Å². The molecule has 3 aromatic rings. The Labute approximate surface area is 144 Å². The van der Waals surface area contributed by atoms with Gasteiger partial charge in [-0.1, -0.05) is 12.1 Å². The fourth-order valence-electron chi connectivity index (χ4n) is 2.20. The molecule has 3 rings (SSSR count). The highest BCUT2D eigenvalue weighted by Crippen LogP contribution is 2.24. The van der Waals surface area contributed by atoms with Crippen LogP contribution < -0.4 is 10.1 Å². The molecular weight excluding hydrogens is 318 g/mol. The van der Waals surface area contributed by atoms with Gasteiger partial charge in [-0.3, -0.25) is 9.59 Å². The number of aromatic hydroxyl groups is 1. The normalized spacial score (nSPS) is 10.1. The van der Waals surface area contributed by atoms with E-state index < -0.39 is 0 Å². The Morgan fingerprint density at radius 2 is 1.48 bits per heavy atom. The molecule has 124 valence electrons. The number of carbonyl (C=O) groups excluding carboxylic acids is 2. The summed E-state index contributed by atoms with van der Waals surface area (Å²) in [5, 5.41) is 12.3. The van der Waals surface area contributed by atoms with Crippen molar-refractivity contribution >= 4 is 17.9 Å². The van der Waals surface area contributed by atoms with Crippen molar-refractivity contribution in [2.24, 2.45) is 0 Å². The van der Waals surface area contributed by atoms with Crippen LogP contribution in [0.4, 0.5) is 5.69 Å². The first-order valence-corrected chi connectivity index (χ1v) is 7.58. The number of carbonyl (C=O) groups is 2. The first-order chi connectivity index (χ1) is 12.2. The van der Waals surface area contributed by atoms with Gasteiger partial charge in [-0.15, -0.1) is 0 Å². The van der Waals surface area contributed by atoms with Gasteiger partial charge in [0.2, 0.25) is 0 Å². The Hall–Kier alpha value is -3.60. The van der Waals surface area contributed by atoms with Crippen LogP contribution >= 0.6 is 0 Å². The van der Waals surface area contributed by atoms with E-state index in [2.05, 4.69) is 5.32 Å². The van der Waals surface area contributed by atoms with Gasteiger partial charge in [0, 0.05) is 11.1 Å². The van der Waals surface area contributed by atoms with Crippen molar-refractivity contribution in [3.63, 3.8) is 0 Å². The zero-order valence-corrected chi connectivity index (χ0v) is 13.2. The van der Waals surface area contributed by atoms with Gasteiger partial charge in [-0.05, 0) is 60.7 Å². The predicted octanol–water partition coefficient (Wildman–Crippen LogP) is 4.25. The van der Waals surface area contributed by atoms with Gasteiger partial charge in [-0.25, -0.2) is 0 Å². The van der Waals surface area contributed by atoms with Crippen LogP contribution in [-0.4, -0.2) is 17.3 Å². The van der Waals surface area contributed by atoms with Crippen LogP contribution in [0.15, 0.2) is 72.8 Å². The maximum Gasteiger partial charge on any atom is 0.255 e. The number of anilines is 1. The highest BCUT2D eigenvalue weighted by Gasteiger charge is 2.09. The molecule has 3 aromatic carbocycles. The molecule has 0 spiro atoms. The Morgan fingerprint density at radius 1 is 0.880 bits per heavy atom. The van der Waals surface area contributed by atoms with Crippen molar-refractivity contribution in [2.75, 3.05) is 5.32 Å². The minimum Gasteiger partial charge on any atom is -0.506 e. The average Bonchev–Trinajstić information content (AvgIpc) is 2.65. The van der Waals surface area contributed by atoms with Crippen molar-refractivity contribution in [1.82, 2.24) is 0 Å². The van der Waals surface area contributed by atoms with Crippen molar-refractivity contribution in [3.8, 4) is 17.2 Å². The molecular formula is C20H15NO4.